The van der Waals surface area contributed by atoms with Crippen LogP contribution in [0.5, 0.6) is 0 Å². The van der Waals surface area contributed by atoms with Crippen LogP contribution >= 0.6 is 0 Å². The lowest BCUT2D eigenvalue weighted by atomic mass is 10.0. The Kier molecular flexibility index (Phi) is 3.11. The number of hydrogen-bond donors (Lipinski definition) is 1. The van der Waals surface area contributed by atoms with Crippen LogP contribution < -0.4 is 5.32 Å². The van der Waals surface area contributed by atoms with E-state index in [1.54, 1.807) is 6.33 Å². The van der Waals surface area contributed by atoms with Gasteiger partial charge >= 0.3 is 0 Å². The summed E-state index contributed by atoms with van der Waals surface area (Å²) in [6.07, 6.45) is 4.08. The first-order valence-electron chi connectivity index (χ1n) is 6.84. The van der Waals surface area contributed by atoms with E-state index in [9.17, 15) is 0 Å². The van der Waals surface area contributed by atoms with Crippen LogP contribution in [0.25, 0.3) is 0 Å². The largest absolute Gasteiger partial charge is 0.319 e. The molecule has 0 fully saturated rings. The normalized spacial score (nSPS) is 19.4. The molecule has 0 bridgehead atoms. The summed E-state index contributed by atoms with van der Waals surface area (Å²) in [6.45, 7) is 4.31. The van der Waals surface area contributed by atoms with E-state index in [1.165, 1.54) is 29.5 Å². The zero-order valence-electron chi connectivity index (χ0n) is 11.7. The average molecular weight is 256 g/mol. The summed E-state index contributed by atoms with van der Waals surface area (Å²) in [5.74, 6) is 0.987. The highest BCUT2D eigenvalue weighted by atomic mass is 15.3. The van der Waals surface area contributed by atoms with Gasteiger partial charge in [-0.25, -0.2) is 0 Å². The molecule has 0 saturated carbocycles. The fourth-order valence-electron chi connectivity index (χ4n) is 2.96. The van der Waals surface area contributed by atoms with E-state index in [2.05, 4.69) is 47.6 Å². The lowest BCUT2D eigenvalue weighted by molar-refractivity contribution is 0.442. The molecule has 4 nitrogen and oxygen atoms in total. The van der Waals surface area contributed by atoms with Crippen LogP contribution in [-0.4, -0.2) is 14.8 Å². The average Bonchev–Trinajstić information content (AvgIpc) is 2.96. The Hall–Kier alpha value is -1.68. The van der Waals surface area contributed by atoms with Crippen molar-refractivity contribution in [2.24, 2.45) is 7.05 Å². The second kappa shape index (κ2) is 4.78. The molecule has 2 atom stereocenters. The molecule has 19 heavy (non-hydrogen) atoms. The molecule has 0 saturated heterocycles. The number of nitrogens with one attached hydrogen (secondary N) is 1. The molecule has 1 aromatic carbocycles. The Morgan fingerprint density at radius 1 is 1.42 bits per heavy atom. The van der Waals surface area contributed by atoms with Crippen LogP contribution in [-0.2, 0) is 13.5 Å². The lowest BCUT2D eigenvalue weighted by Gasteiger charge is -2.20. The van der Waals surface area contributed by atoms with Gasteiger partial charge in [0, 0.05) is 13.1 Å². The summed E-state index contributed by atoms with van der Waals surface area (Å²) < 4.78 is 1.98. The van der Waals surface area contributed by atoms with Gasteiger partial charge in [0.1, 0.15) is 12.2 Å². The zero-order valence-corrected chi connectivity index (χ0v) is 11.7. The van der Waals surface area contributed by atoms with Crippen LogP contribution in [0.2, 0.25) is 0 Å². The first kappa shape index (κ1) is 12.4. The molecule has 100 valence electrons. The summed E-state index contributed by atoms with van der Waals surface area (Å²) in [6, 6.07) is 7.42. The Morgan fingerprint density at radius 3 is 3.00 bits per heavy atom. The summed E-state index contributed by atoms with van der Waals surface area (Å²) in [7, 11) is 1.99. The van der Waals surface area contributed by atoms with E-state index in [4.69, 9.17) is 0 Å². The van der Waals surface area contributed by atoms with Crippen molar-refractivity contribution in [3.05, 3.63) is 47.0 Å². The predicted molar refractivity (Wildman–Crippen MR) is 74.8 cm³/mol. The molecule has 0 amide bonds. The van der Waals surface area contributed by atoms with Crippen molar-refractivity contribution in [2.75, 3.05) is 0 Å². The van der Waals surface area contributed by atoms with Crippen molar-refractivity contribution in [2.45, 2.75) is 38.8 Å². The van der Waals surface area contributed by atoms with Crippen molar-refractivity contribution in [1.29, 1.82) is 0 Å². The van der Waals surface area contributed by atoms with Crippen LogP contribution in [0.15, 0.2) is 24.5 Å². The summed E-state index contributed by atoms with van der Waals surface area (Å²) in [5.41, 5.74) is 4.26. The molecule has 1 aliphatic rings. The first-order valence-corrected chi connectivity index (χ1v) is 6.84. The van der Waals surface area contributed by atoms with Crippen molar-refractivity contribution >= 4 is 0 Å². The van der Waals surface area contributed by atoms with Crippen molar-refractivity contribution in [3.63, 3.8) is 0 Å². The number of aryl methyl sites for hydroxylation is 3. The molecule has 0 spiro atoms. The molecule has 3 rings (SSSR count). The fraction of sp³-hybridized carbons (Fsp3) is 0.467. The van der Waals surface area contributed by atoms with E-state index in [-0.39, 0.29) is 6.04 Å². The van der Waals surface area contributed by atoms with Crippen molar-refractivity contribution in [3.8, 4) is 0 Å². The Labute approximate surface area is 113 Å². The van der Waals surface area contributed by atoms with Crippen molar-refractivity contribution < 1.29 is 0 Å². The molecule has 0 radical (unpaired) electrons. The fourth-order valence-corrected chi connectivity index (χ4v) is 2.96. The third-order valence-electron chi connectivity index (χ3n) is 3.96. The maximum absolute atomic E-state index is 4.18. The van der Waals surface area contributed by atoms with Gasteiger partial charge in [0.15, 0.2) is 0 Å². The van der Waals surface area contributed by atoms with Gasteiger partial charge in [0.05, 0.1) is 6.04 Å². The summed E-state index contributed by atoms with van der Waals surface area (Å²) >= 11 is 0. The zero-order chi connectivity index (χ0) is 13.4. The SMILES string of the molecule is Cc1ccc2c(c1)C(NC(C)c1nncn1C)CC2. The third-order valence-corrected chi connectivity index (χ3v) is 3.96. The number of aromatic nitrogens is 3. The minimum atomic E-state index is 0.212. The van der Waals surface area contributed by atoms with Gasteiger partial charge in [-0.2, -0.15) is 0 Å². The summed E-state index contributed by atoms with van der Waals surface area (Å²) in [5, 5.41) is 11.8. The standard InChI is InChI=1S/C15H20N4/c1-10-4-5-12-6-7-14(13(12)8-10)17-11(2)15-18-16-9-19(15)3/h4-5,8-9,11,14,17H,6-7H2,1-3H3. The highest BCUT2D eigenvalue weighted by Crippen LogP contribution is 2.33. The molecule has 1 aliphatic carbocycles. The highest BCUT2D eigenvalue weighted by molar-refractivity contribution is 5.37. The lowest BCUT2D eigenvalue weighted by Crippen LogP contribution is -2.25. The highest BCUT2D eigenvalue weighted by Gasteiger charge is 2.25. The van der Waals surface area contributed by atoms with E-state index < -0.39 is 0 Å². The van der Waals surface area contributed by atoms with Crippen LogP contribution in [0.1, 0.15) is 47.9 Å². The number of benzene rings is 1. The third kappa shape index (κ3) is 2.28. The maximum atomic E-state index is 4.18. The molecule has 0 aliphatic heterocycles. The van der Waals surface area contributed by atoms with Crippen LogP contribution in [0.4, 0.5) is 0 Å². The first-order chi connectivity index (χ1) is 9.15. The Morgan fingerprint density at radius 2 is 2.26 bits per heavy atom. The second-order valence-corrected chi connectivity index (χ2v) is 5.48. The number of nitrogens with zero attached hydrogens (tertiary/aromatic N) is 3. The number of hydrogen-bond acceptors (Lipinski definition) is 3. The van der Waals surface area contributed by atoms with E-state index in [1.807, 2.05) is 11.6 Å². The topological polar surface area (TPSA) is 42.7 Å². The van der Waals surface area contributed by atoms with E-state index >= 15 is 0 Å². The van der Waals surface area contributed by atoms with Gasteiger partial charge < -0.3 is 9.88 Å². The quantitative estimate of drug-likeness (QED) is 0.917. The molecular formula is C15H20N4. The molecular weight excluding hydrogens is 236 g/mol. The molecule has 1 heterocycles. The van der Waals surface area contributed by atoms with Gasteiger partial charge in [-0.05, 0) is 37.8 Å². The molecule has 1 aromatic heterocycles. The second-order valence-electron chi connectivity index (χ2n) is 5.48. The van der Waals surface area contributed by atoms with E-state index in [0.717, 1.165) is 5.82 Å². The summed E-state index contributed by atoms with van der Waals surface area (Å²) in [4.78, 5) is 0. The van der Waals surface area contributed by atoms with Gasteiger partial charge in [-0.1, -0.05) is 23.8 Å². The minimum Gasteiger partial charge on any atom is -0.319 e. The molecule has 1 N–H and O–H groups in total. The van der Waals surface area contributed by atoms with Gasteiger partial charge in [-0.15, -0.1) is 10.2 Å². The maximum Gasteiger partial charge on any atom is 0.149 e. The smallest absolute Gasteiger partial charge is 0.149 e. The monoisotopic (exact) mass is 256 g/mol. The van der Waals surface area contributed by atoms with Crippen LogP contribution in [0, 0.1) is 6.92 Å². The van der Waals surface area contributed by atoms with Gasteiger partial charge in [0.25, 0.3) is 0 Å². The van der Waals surface area contributed by atoms with Crippen LogP contribution in [0.3, 0.4) is 0 Å². The van der Waals surface area contributed by atoms with Gasteiger partial charge in [-0.3, -0.25) is 0 Å². The van der Waals surface area contributed by atoms with Crippen molar-refractivity contribution in [1.82, 2.24) is 20.1 Å². The minimum absolute atomic E-state index is 0.212. The Bertz CT molecular complexity index is 588. The predicted octanol–water partition coefficient (Wildman–Crippen LogP) is 2.46. The van der Waals surface area contributed by atoms with Gasteiger partial charge in [0.2, 0.25) is 0 Å². The molecule has 2 aromatic rings. The van der Waals surface area contributed by atoms with E-state index in [0.29, 0.717) is 6.04 Å². The number of rotatable bonds is 3. The number of fused-ring (bicyclic) bond motifs is 1. The molecule has 4 heteroatoms. The Balaban J connectivity index is 1.80. The molecule has 2 unspecified atom stereocenters.